The van der Waals surface area contributed by atoms with Gasteiger partial charge in [0.2, 0.25) is 0 Å². The molecule has 0 atom stereocenters. The number of hydrogen-bond acceptors (Lipinski definition) is 4. The molecule has 0 unspecified atom stereocenters. The van der Waals surface area contributed by atoms with Gasteiger partial charge in [-0.2, -0.15) is 13.2 Å². The van der Waals surface area contributed by atoms with Crippen molar-refractivity contribution in [1.29, 1.82) is 0 Å². The smallest absolute Gasteiger partial charge is 0.418 e. The number of benzene rings is 1. The van der Waals surface area contributed by atoms with Crippen LogP contribution in [0.5, 0.6) is 0 Å². The summed E-state index contributed by atoms with van der Waals surface area (Å²) in [5, 5.41) is 5.53. The number of esters is 1. The Kier molecular flexibility index (Phi) is 6.48. The number of alkyl halides is 3. The largest absolute Gasteiger partial charge is 0.465 e. The summed E-state index contributed by atoms with van der Waals surface area (Å²) in [6.07, 6.45) is -3.91. The van der Waals surface area contributed by atoms with E-state index in [1.165, 1.54) is 30.6 Å². The molecule has 0 aliphatic carbocycles. The molecule has 0 aliphatic heterocycles. The molecule has 1 heterocycles. The molecular weight excluding hydrogens is 409 g/mol. The fraction of sp³-hybridized carbons (Fsp3) is 0.250. The first-order valence-electron chi connectivity index (χ1n) is 7.31. The Bertz CT molecular complexity index is 837. The Morgan fingerprint density at radius 3 is 2.58 bits per heavy atom. The number of carbonyl (C=O) groups is 1. The van der Waals surface area contributed by atoms with Crippen molar-refractivity contribution in [2.45, 2.75) is 19.5 Å². The summed E-state index contributed by atoms with van der Waals surface area (Å²) in [4.78, 5) is 12.7. The number of carbonyl (C=O) groups excluding carboxylic acids is 1. The molecule has 10 heteroatoms. The number of ether oxygens (including phenoxy) is 1. The maximum absolute atomic E-state index is 13.1. The highest BCUT2D eigenvalue weighted by atomic mass is 35.5. The highest BCUT2D eigenvalue weighted by Crippen LogP contribution is 2.37. The molecule has 1 aromatic carbocycles. The zero-order valence-corrected chi connectivity index (χ0v) is 16.1. The minimum Gasteiger partial charge on any atom is -0.465 e. The molecule has 0 radical (unpaired) electrons. The van der Waals surface area contributed by atoms with Gasteiger partial charge in [0, 0.05) is 9.90 Å². The van der Waals surface area contributed by atoms with Gasteiger partial charge < -0.3 is 15.4 Å². The summed E-state index contributed by atoms with van der Waals surface area (Å²) in [5.41, 5.74) is -0.917. The first-order valence-corrected chi connectivity index (χ1v) is 8.91. The lowest BCUT2D eigenvalue weighted by Gasteiger charge is -2.16. The average Bonchev–Trinajstić information content (AvgIpc) is 2.97. The number of halogens is 4. The first-order chi connectivity index (χ1) is 12.2. The van der Waals surface area contributed by atoms with E-state index in [2.05, 4.69) is 10.6 Å². The number of rotatable bonds is 4. The third-order valence-corrected chi connectivity index (χ3v) is 4.93. The van der Waals surface area contributed by atoms with Crippen molar-refractivity contribution < 1.29 is 22.7 Å². The maximum Gasteiger partial charge on any atom is 0.418 e. The summed E-state index contributed by atoms with van der Waals surface area (Å²) in [6.45, 7) is 1.91. The van der Waals surface area contributed by atoms with Crippen LogP contribution in [0, 0.1) is 0 Å². The maximum atomic E-state index is 13.1. The van der Waals surface area contributed by atoms with Crippen LogP contribution in [0.3, 0.4) is 0 Å². The van der Waals surface area contributed by atoms with Crippen molar-refractivity contribution in [2.24, 2.45) is 0 Å². The second kappa shape index (κ2) is 8.24. The topological polar surface area (TPSA) is 50.4 Å². The van der Waals surface area contributed by atoms with Crippen LogP contribution in [0.1, 0.15) is 27.7 Å². The van der Waals surface area contributed by atoms with Gasteiger partial charge in [-0.05, 0) is 42.9 Å². The lowest BCUT2D eigenvalue weighted by molar-refractivity contribution is -0.136. The number of thiophene rings is 1. The average molecular weight is 423 g/mol. The van der Waals surface area contributed by atoms with Gasteiger partial charge >= 0.3 is 12.1 Å². The van der Waals surface area contributed by atoms with Crippen LogP contribution in [0.25, 0.3) is 0 Å². The fourth-order valence-electron chi connectivity index (χ4n) is 2.09. The third kappa shape index (κ3) is 4.87. The van der Waals surface area contributed by atoms with E-state index in [0.717, 1.165) is 10.9 Å². The minimum atomic E-state index is -4.60. The molecule has 4 nitrogen and oxygen atoms in total. The highest BCUT2D eigenvalue weighted by molar-refractivity contribution is 7.80. The predicted octanol–water partition coefficient (Wildman–Crippen LogP) is 5.58. The van der Waals surface area contributed by atoms with Crippen LogP contribution < -0.4 is 10.6 Å². The summed E-state index contributed by atoms with van der Waals surface area (Å²) < 4.78 is 44.2. The Morgan fingerprint density at radius 1 is 1.31 bits per heavy atom. The number of methoxy groups -OCH3 is 1. The third-order valence-electron chi connectivity index (χ3n) is 3.30. The first kappa shape index (κ1) is 20.5. The van der Waals surface area contributed by atoms with Gasteiger partial charge in [-0.3, -0.25) is 0 Å². The standard InChI is InChI=1S/C16H14ClF3N2O2S2/c1-3-9-7-10(14(23)24-2)13(26-9)22-15(25)21-12-5-4-8(17)6-11(12)16(18,19)20/h4-7H,3H2,1-2H3,(H2,21,22,25). The fourth-order valence-corrected chi connectivity index (χ4v) is 3.52. The van der Waals surface area contributed by atoms with Crippen LogP contribution in [0.2, 0.25) is 5.02 Å². The van der Waals surface area contributed by atoms with Gasteiger partial charge in [0.05, 0.1) is 23.9 Å². The van der Waals surface area contributed by atoms with Crippen molar-refractivity contribution in [3.63, 3.8) is 0 Å². The predicted molar refractivity (Wildman–Crippen MR) is 101 cm³/mol. The lowest BCUT2D eigenvalue weighted by Crippen LogP contribution is -2.22. The van der Waals surface area contributed by atoms with E-state index in [4.69, 9.17) is 28.6 Å². The van der Waals surface area contributed by atoms with Crippen molar-refractivity contribution >= 4 is 56.9 Å². The Hall–Kier alpha value is -1.84. The van der Waals surface area contributed by atoms with Crippen LogP contribution >= 0.6 is 35.2 Å². The lowest BCUT2D eigenvalue weighted by atomic mass is 10.1. The minimum absolute atomic E-state index is 0.0411. The van der Waals surface area contributed by atoms with E-state index in [-0.39, 0.29) is 21.4 Å². The number of thiocarbonyl (C=S) groups is 1. The van der Waals surface area contributed by atoms with Crippen LogP contribution in [-0.2, 0) is 17.3 Å². The van der Waals surface area contributed by atoms with Crippen LogP contribution in [0.4, 0.5) is 23.9 Å². The second-order valence-corrected chi connectivity index (χ2v) is 7.05. The van der Waals surface area contributed by atoms with Gasteiger partial charge in [-0.15, -0.1) is 11.3 Å². The monoisotopic (exact) mass is 422 g/mol. The molecule has 140 valence electrons. The van der Waals surface area contributed by atoms with E-state index in [0.29, 0.717) is 11.4 Å². The van der Waals surface area contributed by atoms with E-state index in [1.54, 1.807) is 6.07 Å². The number of anilines is 2. The molecule has 0 fully saturated rings. The molecule has 2 aromatic rings. The van der Waals surface area contributed by atoms with E-state index in [9.17, 15) is 18.0 Å². The summed E-state index contributed by atoms with van der Waals surface area (Å²) in [5.74, 6) is -0.561. The quantitative estimate of drug-likeness (QED) is 0.497. The molecule has 2 N–H and O–H groups in total. The number of hydrogen-bond donors (Lipinski definition) is 2. The second-order valence-electron chi connectivity index (χ2n) is 5.07. The SMILES string of the molecule is CCc1cc(C(=O)OC)c(NC(=S)Nc2ccc(Cl)cc2C(F)(F)F)s1. The van der Waals surface area contributed by atoms with Crippen molar-refractivity contribution in [3.05, 3.63) is 45.3 Å². The molecular formula is C16H14ClF3N2O2S2. The number of aryl methyl sites for hydroxylation is 1. The highest BCUT2D eigenvalue weighted by Gasteiger charge is 2.34. The number of nitrogens with one attached hydrogen (secondary N) is 2. The van der Waals surface area contributed by atoms with Gasteiger partial charge in [0.25, 0.3) is 0 Å². The molecule has 0 saturated heterocycles. The molecule has 0 amide bonds. The van der Waals surface area contributed by atoms with Gasteiger partial charge in [0.15, 0.2) is 5.11 Å². The zero-order chi connectivity index (χ0) is 19.5. The Morgan fingerprint density at radius 2 is 2.00 bits per heavy atom. The summed E-state index contributed by atoms with van der Waals surface area (Å²) >= 11 is 12.0. The molecule has 26 heavy (non-hydrogen) atoms. The van der Waals surface area contributed by atoms with Crippen molar-refractivity contribution in [1.82, 2.24) is 0 Å². The zero-order valence-electron chi connectivity index (χ0n) is 13.7. The van der Waals surface area contributed by atoms with E-state index < -0.39 is 17.7 Å². The molecule has 0 saturated carbocycles. The Balaban J connectivity index is 2.25. The Labute approximate surface area is 162 Å². The molecule has 0 bridgehead atoms. The van der Waals surface area contributed by atoms with Gasteiger partial charge in [-0.25, -0.2) is 4.79 Å². The summed E-state index contributed by atoms with van der Waals surface area (Å²) in [7, 11) is 1.25. The van der Waals surface area contributed by atoms with E-state index in [1.807, 2.05) is 6.92 Å². The van der Waals surface area contributed by atoms with Gasteiger partial charge in [0.1, 0.15) is 5.00 Å². The normalized spacial score (nSPS) is 11.2. The summed E-state index contributed by atoms with van der Waals surface area (Å²) in [6, 6.07) is 4.98. The molecule has 0 aliphatic rings. The van der Waals surface area contributed by atoms with Crippen LogP contribution in [-0.4, -0.2) is 18.2 Å². The molecule has 1 aromatic heterocycles. The molecule has 0 spiro atoms. The van der Waals surface area contributed by atoms with Crippen LogP contribution in [0.15, 0.2) is 24.3 Å². The van der Waals surface area contributed by atoms with E-state index >= 15 is 0 Å². The van der Waals surface area contributed by atoms with Crippen molar-refractivity contribution in [3.8, 4) is 0 Å². The van der Waals surface area contributed by atoms with Gasteiger partial charge in [-0.1, -0.05) is 18.5 Å². The van der Waals surface area contributed by atoms with Crippen molar-refractivity contribution in [2.75, 3.05) is 17.7 Å². The molecule has 2 rings (SSSR count).